The summed E-state index contributed by atoms with van der Waals surface area (Å²) in [5, 5.41) is 3.94. The first-order chi connectivity index (χ1) is 13.7. The molecule has 2 N–H and O–H groups in total. The van der Waals surface area contributed by atoms with Gasteiger partial charge in [-0.1, -0.05) is 36.8 Å². The van der Waals surface area contributed by atoms with E-state index < -0.39 is 0 Å². The summed E-state index contributed by atoms with van der Waals surface area (Å²) in [5.41, 5.74) is 2.44. The van der Waals surface area contributed by atoms with Gasteiger partial charge in [-0.25, -0.2) is 4.98 Å². The molecule has 0 amide bonds. The Kier molecular flexibility index (Phi) is 7.17. The van der Waals surface area contributed by atoms with Crippen molar-refractivity contribution in [1.82, 2.24) is 14.8 Å². The fraction of sp³-hybridized carbons (Fsp3) is 0.476. The van der Waals surface area contributed by atoms with E-state index in [2.05, 4.69) is 35.8 Å². The second kappa shape index (κ2) is 9.80. The highest BCUT2D eigenvalue weighted by Gasteiger charge is 2.16. The third-order valence-corrected chi connectivity index (χ3v) is 6.04. The van der Waals surface area contributed by atoms with Gasteiger partial charge < -0.3 is 4.90 Å². The van der Waals surface area contributed by atoms with E-state index in [1.807, 2.05) is 24.3 Å². The van der Waals surface area contributed by atoms with Crippen LogP contribution in [-0.2, 0) is 6.42 Å². The molecule has 0 unspecified atom stereocenters. The number of aromatic amines is 1. The predicted molar refractivity (Wildman–Crippen MR) is 118 cm³/mol. The highest BCUT2D eigenvalue weighted by atomic mass is 32.1. The molecule has 6 nitrogen and oxygen atoms in total. The number of nitrogens with zero attached hydrogens (tertiary/aromatic N) is 3. The first-order valence-electron chi connectivity index (χ1n) is 10.2. The fourth-order valence-corrected chi connectivity index (χ4v) is 4.26. The van der Waals surface area contributed by atoms with Crippen molar-refractivity contribution < 1.29 is 4.90 Å². The van der Waals surface area contributed by atoms with Crippen LogP contribution < -0.4 is 10.5 Å². The number of hydrogen-bond acceptors (Lipinski definition) is 4. The van der Waals surface area contributed by atoms with E-state index in [9.17, 15) is 4.79 Å². The van der Waals surface area contributed by atoms with E-state index in [0.717, 1.165) is 61.4 Å². The minimum atomic E-state index is -0.0689. The molecule has 2 heterocycles. The van der Waals surface area contributed by atoms with Gasteiger partial charge in [-0.15, -0.1) is 0 Å². The minimum absolute atomic E-state index is 0.0689. The SMILES string of the molecule is CCCc1[nH]n(-c2nc3ccccc3s2)c(=O)c1C=NCCC[NH+](CC)CC. The Morgan fingerprint density at radius 3 is 2.75 bits per heavy atom. The number of quaternary nitrogens is 1. The first-order valence-corrected chi connectivity index (χ1v) is 11.0. The van der Waals surface area contributed by atoms with Crippen molar-refractivity contribution >= 4 is 27.8 Å². The number of rotatable bonds is 10. The average Bonchev–Trinajstić information content (AvgIpc) is 3.26. The molecule has 0 spiro atoms. The van der Waals surface area contributed by atoms with E-state index >= 15 is 0 Å². The fourth-order valence-electron chi connectivity index (χ4n) is 3.34. The maximum absolute atomic E-state index is 13.0. The van der Waals surface area contributed by atoms with Crippen molar-refractivity contribution in [2.24, 2.45) is 4.99 Å². The number of hydrogen-bond donors (Lipinski definition) is 2. The van der Waals surface area contributed by atoms with Crippen LogP contribution in [0.25, 0.3) is 15.3 Å². The molecule has 3 aromatic rings. The topological polar surface area (TPSA) is 67.5 Å². The molecule has 1 aromatic carbocycles. The lowest BCUT2D eigenvalue weighted by molar-refractivity contribution is -0.896. The van der Waals surface area contributed by atoms with E-state index in [-0.39, 0.29) is 5.56 Å². The molecule has 0 aliphatic heterocycles. The van der Waals surface area contributed by atoms with Crippen LogP contribution in [0.3, 0.4) is 0 Å². The normalized spacial score (nSPS) is 12.0. The van der Waals surface area contributed by atoms with Crippen LogP contribution in [0.15, 0.2) is 34.1 Å². The number of aryl methyl sites for hydroxylation is 1. The van der Waals surface area contributed by atoms with Gasteiger partial charge in [0.15, 0.2) is 0 Å². The van der Waals surface area contributed by atoms with Crippen LogP contribution in [0.2, 0.25) is 0 Å². The lowest BCUT2D eigenvalue weighted by atomic mass is 10.2. The Hall–Kier alpha value is -2.25. The zero-order chi connectivity index (χ0) is 19.9. The maximum atomic E-state index is 13.0. The van der Waals surface area contributed by atoms with E-state index in [1.54, 1.807) is 15.8 Å². The summed E-state index contributed by atoms with van der Waals surface area (Å²) in [7, 11) is 0. The zero-order valence-electron chi connectivity index (χ0n) is 17.0. The van der Waals surface area contributed by atoms with E-state index in [0.29, 0.717) is 10.7 Å². The van der Waals surface area contributed by atoms with Gasteiger partial charge in [-0.2, -0.15) is 4.68 Å². The molecule has 0 aliphatic carbocycles. The van der Waals surface area contributed by atoms with Crippen molar-refractivity contribution in [2.45, 2.75) is 40.0 Å². The van der Waals surface area contributed by atoms with Crippen molar-refractivity contribution in [3.05, 3.63) is 45.9 Å². The first kappa shape index (κ1) is 20.5. The molecule has 0 aliphatic rings. The number of thiazole rings is 1. The van der Waals surface area contributed by atoms with Gasteiger partial charge >= 0.3 is 0 Å². The molecule has 28 heavy (non-hydrogen) atoms. The molecule has 0 fully saturated rings. The van der Waals surface area contributed by atoms with Crippen LogP contribution in [0.1, 0.15) is 44.9 Å². The second-order valence-electron chi connectivity index (χ2n) is 6.95. The van der Waals surface area contributed by atoms with Crippen LogP contribution in [-0.4, -0.2) is 47.2 Å². The number of para-hydroxylation sites is 1. The van der Waals surface area contributed by atoms with Gasteiger partial charge in [0.1, 0.15) is 0 Å². The molecule has 0 atom stereocenters. The van der Waals surface area contributed by atoms with Gasteiger partial charge in [0, 0.05) is 24.9 Å². The highest BCUT2D eigenvalue weighted by Crippen LogP contribution is 2.23. The Bertz CT molecular complexity index is 947. The molecule has 7 heteroatoms. The number of benzene rings is 1. The minimum Gasteiger partial charge on any atom is -0.335 e. The summed E-state index contributed by atoms with van der Waals surface area (Å²) in [6, 6.07) is 7.94. The van der Waals surface area contributed by atoms with Gasteiger partial charge in [-0.3, -0.25) is 14.9 Å². The molecule has 0 bridgehead atoms. The van der Waals surface area contributed by atoms with Crippen LogP contribution in [0, 0.1) is 0 Å². The Balaban J connectivity index is 1.81. The molecule has 2 aromatic heterocycles. The third-order valence-electron chi connectivity index (χ3n) is 5.02. The zero-order valence-corrected chi connectivity index (χ0v) is 17.8. The number of fused-ring (bicyclic) bond motifs is 1. The summed E-state index contributed by atoms with van der Waals surface area (Å²) in [5.74, 6) is 0. The molecule has 3 rings (SSSR count). The van der Waals surface area contributed by atoms with Crippen LogP contribution in [0.4, 0.5) is 0 Å². The molecule has 0 saturated heterocycles. The van der Waals surface area contributed by atoms with Gasteiger partial charge in [0.2, 0.25) is 5.13 Å². The Morgan fingerprint density at radius 1 is 1.25 bits per heavy atom. The molecule has 150 valence electrons. The largest absolute Gasteiger partial charge is 0.335 e. The summed E-state index contributed by atoms with van der Waals surface area (Å²) in [6.07, 6.45) is 4.57. The van der Waals surface area contributed by atoms with E-state index in [4.69, 9.17) is 0 Å². The smallest absolute Gasteiger partial charge is 0.282 e. The lowest BCUT2D eigenvalue weighted by Crippen LogP contribution is -3.11. The monoisotopic (exact) mass is 400 g/mol. The van der Waals surface area contributed by atoms with Gasteiger partial charge in [0.25, 0.3) is 5.56 Å². The van der Waals surface area contributed by atoms with Gasteiger partial charge in [-0.05, 0) is 32.4 Å². The van der Waals surface area contributed by atoms with Crippen molar-refractivity contribution in [1.29, 1.82) is 0 Å². The Labute approximate surface area is 169 Å². The second-order valence-corrected chi connectivity index (χ2v) is 7.96. The quantitative estimate of drug-likeness (QED) is 0.405. The van der Waals surface area contributed by atoms with Crippen molar-refractivity contribution in [3.63, 3.8) is 0 Å². The standard InChI is InChI=1S/C21H29N5OS/c1-4-10-17-16(15-22-13-9-14-25(5-2)6-3)20(27)26(24-17)21-23-18-11-7-8-12-19(18)28-21/h7-8,11-12,15,24H,4-6,9-10,13-14H2,1-3H3/p+1. The van der Waals surface area contributed by atoms with Crippen LogP contribution in [0.5, 0.6) is 0 Å². The molecular formula is C21H30N5OS+. The van der Waals surface area contributed by atoms with Crippen LogP contribution >= 0.6 is 11.3 Å². The maximum Gasteiger partial charge on any atom is 0.282 e. The lowest BCUT2D eigenvalue weighted by Gasteiger charge is -2.13. The summed E-state index contributed by atoms with van der Waals surface area (Å²) in [4.78, 5) is 23.8. The van der Waals surface area contributed by atoms with E-state index in [1.165, 1.54) is 11.3 Å². The number of H-pyrrole nitrogens is 1. The van der Waals surface area contributed by atoms with Gasteiger partial charge in [0.05, 0.1) is 35.4 Å². The highest BCUT2D eigenvalue weighted by molar-refractivity contribution is 7.20. The average molecular weight is 401 g/mol. The summed E-state index contributed by atoms with van der Waals surface area (Å²) >= 11 is 1.52. The molecule has 0 radical (unpaired) electrons. The number of aliphatic imine (C=N–C) groups is 1. The number of nitrogens with one attached hydrogen (secondary N) is 2. The van der Waals surface area contributed by atoms with Crippen molar-refractivity contribution in [2.75, 3.05) is 26.2 Å². The summed E-state index contributed by atoms with van der Waals surface area (Å²) in [6.45, 7) is 10.7. The van der Waals surface area contributed by atoms with Crippen molar-refractivity contribution in [3.8, 4) is 5.13 Å². The molecular weight excluding hydrogens is 370 g/mol. The predicted octanol–water partition coefficient (Wildman–Crippen LogP) is 2.46. The Morgan fingerprint density at radius 2 is 2.04 bits per heavy atom. The third kappa shape index (κ3) is 4.59. The number of aromatic nitrogens is 3. The summed E-state index contributed by atoms with van der Waals surface area (Å²) < 4.78 is 2.64. The molecule has 0 saturated carbocycles.